The van der Waals surface area contributed by atoms with Gasteiger partial charge >= 0.3 is 0 Å². The number of carbonyl (C=O) groups excluding carboxylic acids is 1. The molecule has 2 nitrogen and oxygen atoms in total. The highest BCUT2D eigenvalue weighted by Crippen LogP contribution is 2.14. The van der Waals surface area contributed by atoms with E-state index in [2.05, 4.69) is 19.2 Å². The molecule has 27 heavy (non-hydrogen) atoms. The molecule has 0 aromatic rings. The number of hydrogen-bond donors (Lipinski definition) is 1. The molecule has 0 fully saturated rings. The Hall–Kier alpha value is -0.530. The van der Waals surface area contributed by atoms with E-state index >= 15 is 0 Å². The van der Waals surface area contributed by atoms with Gasteiger partial charge in [0, 0.05) is 13.0 Å². The van der Waals surface area contributed by atoms with Crippen molar-refractivity contribution in [3.63, 3.8) is 0 Å². The second-order valence-electron chi connectivity index (χ2n) is 8.46. The van der Waals surface area contributed by atoms with Crippen molar-refractivity contribution in [3.8, 4) is 0 Å². The van der Waals surface area contributed by atoms with Gasteiger partial charge in [-0.2, -0.15) is 0 Å². The first-order valence-corrected chi connectivity index (χ1v) is 12.6. The van der Waals surface area contributed by atoms with Crippen LogP contribution < -0.4 is 5.32 Å². The third-order valence-electron chi connectivity index (χ3n) is 5.61. The van der Waals surface area contributed by atoms with E-state index < -0.39 is 0 Å². The van der Waals surface area contributed by atoms with Gasteiger partial charge in [0.1, 0.15) is 0 Å². The molecule has 1 amide bonds. The van der Waals surface area contributed by atoms with Crippen molar-refractivity contribution in [2.24, 2.45) is 0 Å². The van der Waals surface area contributed by atoms with Gasteiger partial charge in [-0.25, -0.2) is 0 Å². The summed E-state index contributed by atoms with van der Waals surface area (Å²) >= 11 is 0. The lowest BCUT2D eigenvalue weighted by Gasteiger charge is -2.05. The number of rotatable bonds is 22. The predicted octanol–water partition coefficient (Wildman–Crippen LogP) is 8.33. The molecule has 0 rings (SSSR count). The van der Waals surface area contributed by atoms with Gasteiger partial charge in [-0.1, -0.05) is 129 Å². The van der Waals surface area contributed by atoms with E-state index in [0.717, 1.165) is 25.8 Å². The second kappa shape index (κ2) is 23.5. The Kier molecular flexibility index (Phi) is 23.0. The lowest BCUT2D eigenvalue weighted by molar-refractivity contribution is -0.121. The highest BCUT2D eigenvalue weighted by Gasteiger charge is 2.00. The normalized spacial score (nSPS) is 11.0. The maximum absolute atomic E-state index is 11.7. The molecule has 0 heterocycles. The zero-order valence-corrected chi connectivity index (χ0v) is 19.0. The van der Waals surface area contributed by atoms with Crippen LogP contribution in [0.1, 0.15) is 149 Å². The van der Waals surface area contributed by atoms with Gasteiger partial charge in [0.25, 0.3) is 0 Å². The van der Waals surface area contributed by atoms with E-state index in [4.69, 9.17) is 0 Å². The summed E-state index contributed by atoms with van der Waals surface area (Å²) in [6.45, 7) is 5.35. The van der Waals surface area contributed by atoms with E-state index in [-0.39, 0.29) is 5.91 Å². The zero-order valence-electron chi connectivity index (χ0n) is 19.0. The quantitative estimate of drug-likeness (QED) is 0.188. The Bertz CT molecular complexity index is 290. The van der Waals surface area contributed by atoms with Crippen molar-refractivity contribution in [1.82, 2.24) is 5.32 Å². The van der Waals surface area contributed by atoms with Crippen molar-refractivity contribution in [2.75, 3.05) is 6.54 Å². The average Bonchev–Trinajstić information content (AvgIpc) is 2.67. The van der Waals surface area contributed by atoms with Gasteiger partial charge in [0.05, 0.1) is 0 Å². The first-order chi connectivity index (χ1) is 13.3. The fraction of sp³-hybridized carbons (Fsp3) is 0.960. The zero-order chi connectivity index (χ0) is 19.8. The molecular weight excluding hydrogens is 330 g/mol. The van der Waals surface area contributed by atoms with Gasteiger partial charge in [-0.3, -0.25) is 4.79 Å². The largest absolute Gasteiger partial charge is 0.356 e. The van der Waals surface area contributed by atoms with E-state index in [1.165, 1.54) is 116 Å². The molecule has 2 heteroatoms. The third kappa shape index (κ3) is 23.4. The monoisotopic (exact) mass is 381 g/mol. The number of unbranched alkanes of at least 4 members (excludes halogenated alkanes) is 18. The van der Waals surface area contributed by atoms with Crippen LogP contribution in [0.4, 0.5) is 0 Å². The molecule has 0 bridgehead atoms. The molecule has 1 N–H and O–H groups in total. The summed E-state index contributed by atoms with van der Waals surface area (Å²) < 4.78 is 0. The SMILES string of the molecule is CCCCCCCCCCCCCCCCCCCC(=O)NCCCCC. The van der Waals surface area contributed by atoms with Crippen LogP contribution in [0.2, 0.25) is 0 Å². The highest BCUT2D eigenvalue weighted by molar-refractivity contribution is 5.75. The summed E-state index contributed by atoms with van der Waals surface area (Å²) in [5.41, 5.74) is 0. The molecule has 0 radical (unpaired) electrons. The minimum atomic E-state index is 0.257. The molecule has 162 valence electrons. The van der Waals surface area contributed by atoms with Crippen LogP contribution in [0.15, 0.2) is 0 Å². The summed E-state index contributed by atoms with van der Waals surface area (Å²) in [4.78, 5) is 11.7. The molecule has 0 saturated carbocycles. The molecule has 0 aliphatic rings. The lowest BCUT2D eigenvalue weighted by Crippen LogP contribution is -2.23. The molecule has 0 aromatic carbocycles. The van der Waals surface area contributed by atoms with E-state index in [9.17, 15) is 4.79 Å². The maximum Gasteiger partial charge on any atom is 0.219 e. The number of amides is 1. The number of nitrogens with one attached hydrogen (secondary N) is 1. The Morgan fingerprint density at radius 1 is 0.481 bits per heavy atom. The van der Waals surface area contributed by atoms with Crippen molar-refractivity contribution in [3.05, 3.63) is 0 Å². The Morgan fingerprint density at radius 3 is 1.22 bits per heavy atom. The Balaban J connectivity index is 3.07. The van der Waals surface area contributed by atoms with Crippen LogP contribution in [0.25, 0.3) is 0 Å². The van der Waals surface area contributed by atoms with E-state index in [1.807, 2.05) is 0 Å². The highest BCUT2D eigenvalue weighted by atomic mass is 16.1. The van der Waals surface area contributed by atoms with E-state index in [1.54, 1.807) is 0 Å². The minimum Gasteiger partial charge on any atom is -0.356 e. The van der Waals surface area contributed by atoms with Gasteiger partial charge in [0.2, 0.25) is 5.91 Å². The number of hydrogen-bond acceptors (Lipinski definition) is 1. The first kappa shape index (κ1) is 26.5. The molecule has 0 aromatic heterocycles. The fourth-order valence-corrected chi connectivity index (χ4v) is 3.70. The molecular formula is C25H51NO. The fourth-order valence-electron chi connectivity index (χ4n) is 3.70. The second-order valence-corrected chi connectivity index (χ2v) is 8.46. The summed E-state index contributed by atoms with van der Waals surface area (Å²) in [6, 6.07) is 0. The third-order valence-corrected chi connectivity index (χ3v) is 5.61. The van der Waals surface area contributed by atoms with Crippen LogP contribution in [0, 0.1) is 0 Å². The summed E-state index contributed by atoms with van der Waals surface area (Å²) in [7, 11) is 0. The van der Waals surface area contributed by atoms with Crippen LogP contribution in [0.5, 0.6) is 0 Å². The molecule has 0 spiro atoms. The van der Waals surface area contributed by atoms with Crippen molar-refractivity contribution < 1.29 is 4.79 Å². The number of carbonyl (C=O) groups is 1. The van der Waals surface area contributed by atoms with Gasteiger partial charge in [-0.15, -0.1) is 0 Å². The minimum absolute atomic E-state index is 0.257. The topological polar surface area (TPSA) is 29.1 Å². The molecule has 0 unspecified atom stereocenters. The van der Waals surface area contributed by atoms with Crippen LogP contribution in [-0.4, -0.2) is 12.5 Å². The Morgan fingerprint density at radius 2 is 0.815 bits per heavy atom. The molecule has 0 aliphatic heterocycles. The summed E-state index contributed by atoms with van der Waals surface area (Å²) in [5.74, 6) is 0.257. The van der Waals surface area contributed by atoms with Crippen LogP contribution >= 0.6 is 0 Å². The van der Waals surface area contributed by atoms with Crippen molar-refractivity contribution >= 4 is 5.91 Å². The molecule has 0 atom stereocenters. The lowest BCUT2D eigenvalue weighted by atomic mass is 10.0. The standard InChI is InChI=1S/C25H51NO/c1-3-5-7-8-9-10-11-12-13-14-15-16-17-18-19-20-21-23-25(27)26-24-22-6-4-2/h3-24H2,1-2H3,(H,26,27). The Labute approximate surface area is 171 Å². The van der Waals surface area contributed by atoms with Crippen LogP contribution in [0.3, 0.4) is 0 Å². The smallest absolute Gasteiger partial charge is 0.219 e. The average molecular weight is 382 g/mol. The summed E-state index contributed by atoms with van der Waals surface area (Å²) in [6.07, 6.45) is 27.9. The predicted molar refractivity (Wildman–Crippen MR) is 121 cm³/mol. The summed E-state index contributed by atoms with van der Waals surface area (Å²) in [5, 5.41) is 3.03. The van der Waals surface area contributed by atoms with Gasteiger partial charge < -0.3 is 5.32 Å². The van der Waals surface area contributed by atoms with Crippen molar-refractivity contribution in [1.29, 1.82) is 0 Å². The first-order valence-electron chi connectivity index (χ1n) is 12.6. The van der Waals surface area contributed by atoms with Gasteiger partial charge in [0.15, 0.2) is 0 Å². The molecule has 0 saturated heterocycles. The van der Waals surface area contributed by atoms with Gasteiger partial charge in [-0.05, 0) is 12.8 Å². The van der Waals surface area contributed by atoms with Crippen LogP contribution in [-0.2, 0) is 4.79 Å². The van der Waals surface area contributed by atoms with Crippen molar-refractivity contribution in [2.45, 2.75) is 149 Å². The molecule has 0 aliphatic carbocycles. The maximum atomic E-state index is 11.7. The van der Waals surface area contributed by atoms with E-state index in [0.29, 0.717) is 0 Å².